The Kier molecular flexibility index (Phi) is 14.6. The van der Waals surface area contributed by atoms with E-state index in [2.05, 4.69) is 31.6 Å². The van der Waals surface area contributed by atoms with Crippen LogP contribution in [0.15, 0.2) is 48.5 Å². The van der Waals surface area contributed by atoms with Crippen molar-refractivity contribution in [3.8, 4) is 0 Å². The number of ether oxygens (including phenoxy) is 2. The molecule has 1 atom stereocenters. The molecule has 1 aliphatic carbocycles. The molecule has 10 N–H and O–H groups in total. The lowest BCUT2D eigenvalue weighted by molar-refractivity contribution is -0.150. The van der Waals surface area contributed by atoms with Gasteiger partial charge in [0.25, 0.3) is 0 Å². The Morgan fingerprint density at radius 2 is 1.67 bits per heavy atom. The quantitative estimate of drug-likeness (QED) is 0.0475. The van der Waals surface area contributed by atoms with Gasteiger partial charge in [-0.05, 0) is 83.2 Å². The molecule has 1 saturated carbocycles. The summed E-state index contributed by atoms with van der Waals surface area (Å²) in [7, 11) is 0. The maximum absolute atomic E-state index is 13.5. The van der Waals surface area contributed by atoms with Gasteiger partial charge in [0, 0.05) is 30.8 Å². The zero-order chi connectivity index (χ0) is 41.9. The summed E-state index contributed by atoms with van der Waals surface area (Å²) in [4.78, 5) is 73.8. The summed E-state index contributed by atoms with van der Waals surface area (Å²) in [5.41, 5.74) is 11.1. The van der Waals surface area contributed by atoms with Gasteiger partial charge in [0.1, 0.15) is 36.0 Å². The fourth-order valence-electron chi connectivity index (χ4n) is 6.67. The number of anilines is 2. The SMILES string of the molecule is CCOCc1nc2c(NC(=O)OCc3ccc(NC(=O)[C@H](CCCNC(N)=O)NC(=O)C4(C(=O)NCCCN)CCC4)cc3)nc3ccccc3c2n1CC(C)(C)O. The number of carbonyl (C=O) groups is 5. The van der Waals surface area contributed by atoms with Crippen molar-refractivity contribution in [3.63, 3.8) is 0 Å². The van der Waals surface area contributed by atoms with Crippen LogP contribution >= 0.6 is 0 Å². The summed E-state index contributed by atoms with van der Waals surface area (Å²) >= 11 is 0. The van der Waals surface area contributed by atoms with E-state index >= 15 is 0 Å². The molecule has 0 radical (unpaired) electrons. The molecule has 6 amide bonds. The first-order chi connectivity index (χ1) is 27.7. The van der Waals surface area contributed by atoms with Gasteiger partial charge in [0.2, 0.25) is 17.7 Å². The summed E-state index contributed by atoms with van der Waals surface area (Å²) in [6.07, 6.45) is 1.70. The molecule has 0 spiro atoms. The van der Waals surface area contributed by atoms with Crippen LogP contribution < -0.4 is 38.1 Å². The van der Waals surface area contributed by atoms with E-state index in [9.17, 15) is 29.1 Å². The van der Waals surface area contributed by atoms with E-state index < -0.39 is 46.9 Å². The first-order valence-electron chi connectivity index (χ1n) is 19.5. The predicted molar refractivity (Wildman–Crippen MR) is 217 cm³/mol. The summed E-state index contributed by atoms with van der Waals surface area (Å²) in [5, 5.41) is 25.1. The molecule has 1 fully saturated rings. The van der Waals surface area contributed by atoms with Crippen LogP contribution in [0.1, 0.15) is 70.7 Å². The molecule has 18 heteroatoms. The van der Waals surface area contributed by atoms with E-state index in [-0.39, 0.29) is 38.5 Å². The number of hydrogen-bond donors (Lipinski definition) is 8. The number of rotatable bonds is 20. The molecule has 312 valence electrons. The second-order valence-corrected chi connectivity index (χ2v) is 14.9. The van der Waals surface area contributed by atoms with Crippen LogP contribution in [0.25, 0.3) is 21.9 Å². The standard InChI is InChI=1S/C40H54N10O8/c1-4-57-23-30-48-31-32(50(30)24-39(2,3)56)27-10-5-6-11-28(27)46-33(31)49-38(55)58-22-25-13-15-26(16-14-25)45-34(51)29(12-7-20-44-37(42)54)47-36(53)40(17-8-18-40)35(52)43-21-9-19-41/h5-6,10-11,13-16,29,56H,4,7-9,12,17-24,41H2,1-3H3,(H,43,52)(H,45,51)(H,47,53)(H3,42,44,54)(H,46,49,55)/t29-/m0/s1. The van der Waals surface area contributed by atoms with Crippen molar-refractivity contribution in [1.82, 2.24) is 30.5 Å². The van der Waals surface area contributed by atoms with Crippen molar-refractivity contribution in [2.75, 3.05) is 36.9 Å². The van der Waals surface area contributed by atoms with Gasteiger partial charge in [-0.25, -0.2) is 19.6 Å². The third-order valence-electron chi connectivity index (χ3n) is 9.79. The molecule has 0 unspecified atom stereocenters. The number of carbonyl (C=O) groups excluding carboxylic acids is 5. The number of imidazole rings is 1. The predicted octanol–water partition coefficient (Wildman–Crippen LogP) is 3.15. The van der Waals surface area contributed by atoms with Crippen molar-refractivity contribution in [1.29, 1.82) is 0 Å². The van der Waals surface area contributed by atoms with Gasteiger partial charge in [-0.2, -0.15) is 0 Å². The number of hydrogen-bond acceptors (Lipinski definition) is 11. The van der Waals surface area contributed by atoms with Crippen LogP contribution in [-0.4, -0.2) is 87.4 Å². The lowest BCUT2D eigenvalue weighted by atomic mass is 9.67. The number of benzene rings is 2. The molecule has 58 heavy (non-hydrogen) atoms. The molecule has 4 aromatic rings. The number of aromatic nitrogens is 3. The van der Waals surface area contributed by atoms with Crippen LogP contribution in [0, 0.1) is 5.41 Å². The molecule has 0 saturated heterocycles. The van der Waals surface area contributed by atoms with E-state index in [1.807, 2.05) is 35.8 Å². The Morgan fingerprint density at radius 1 is 0.948 bits per heavy atom. The number of nitrogens with zero attached hydrogens (tertiary/aromatic N) is 3. The molecule has 0 aliphatic heterocycles. The Hall–Kier alpha value is -5.85. The molecule has 2 aromatic heterocycles. The minimum absolute atomic E-state index is 0.111. The van der Waals surface area contributed by atoms with Gasteiger partial charge in [-0.1, -0.05) is 36.8 Å². The van der Waals surface area contributed by atoms with Crippen LogP contribution in [0.3, 0.4) is 0 Å². The molecule has 0 bridgehead atoms. The number of amides is 6. The van der Waals surface area contributed by atoms with Crippen molar-refractivity contribution in [3.05, 3.63) is 59.9 Å². The van der Waals surface area contributed by atoms with Gasteiger partial charge < -0.3 is 51.9 Å². The fraction of sp³-hybridized carbons (Fsp3) is 0.475. The third-order valence-corrected chi connectivity index (χ3v) is 9.79. The van der Waals surface area contributed by atoms with Crippen molar-refractivity contribution >= 4 is 63.3 Å². The van der Waals surface area contributed by atoms with Gasteiger partial charge >= 0.3 is 12.1 Å². The maximum Gasteiger partial charge on any atom is 0.413 e. The minimum atomic E-state index is -1.27. The van der Waals surface area contributed by atoms with Crippen molar-refractivity contribution in [2.45, 2.75) is 90.7 Å². The van der Waals surface area contributed by atoms with Crippen LogP contribution in [0.5, 0.6) is 0 Å². The molecular weight excluding hydrogens is 749 g/mol. The Bertz CT molecular complexity index is 2090. The van der Waals surface area contributed by atoms with Crippen molar-refractivity contribution in [2.24, 2.45) is 16.9 Å². The number of fused-ring (bicyclic) bond motifs is 3. The zero-order valence-corrected chi connectivity index (χ0v) is 33.2. The number of pyridine rings is 1. The fourth-order valence-corrected chi connectivity index (χ4v) is 6.67. The number of urea groups is 1. The van der Waals surface area contributed by atoms with E-state index in [1.54, 1.807) is 38.1 Å². The molecule has 2 aromatic carbocycles. The number of para-hydroxylation sites is 1. The number of aliphatic hydroxyl groups is 1. The van der Waals surface area contributed by atoms with Crippen LogP contribution in [0.4, 0.5) is 21.1 Å². The minimum Gasteiger partial charge on any atom is -0.444 e. The highest BCUT2D eigenvalue weighted by molar-refractivity contribution is 6.09. The normalized spacial score (nSPS) is 13.9. The third kappa shape index (κ3) is 11.0. The zero-order valence-electron chi connectivity index (χ0n) is 33.2. The topological polar surface area (TPSA) is 267 Å². The molecular formula is C40H54N10O8. The van der Waals surface area contributed by atoms with Gasteiger partial charge in [0.15, 0.2) is 5.82 Å². The van der Waals surface area contributed by atoms with Crippen LogP contribution in [0.2, 0.25) is 0 Å². The summed E-state index contributed by atoms with van der Waals surface area (Å²) in [6.45, 7) is 6.97. The smallest absolute Gasteiger partial charge is 0.413 e. The first-order valence-corrected chi connectivity index (χ1v) is 19.5. The number of nitrogens with one attached hydrogen (secondary N) is 5. The molecule has 5 rings (SSSR count). The van der Waals surface area contributed by atoms with Gasteiger partial charge in [0.05, 0.1) is 23.2 Å². The average Bonchev–Trinajstić information content (AvgIpc) is 3.51. The highest BCUT2D eigenvalue weighted by Crippen LogP contribution is 2.41. The van der Waals surface area contributed by atoms with Crippen LogP contribution in [-0.2, 0) is 43.6 Å². The molecule has 1 aliphatic rings. The van der Waals surface area contributed by atoms with Gasteiger partial charge in [-0.15, -0.1) is 0 Å². The Labute approximate surface area is 336 Å². The Morgan fingerprint density at radius 3 is 2.33 bits per heavy atom. The van der Waals surface area contributed by atoms with E-state index in [0.29, 0.717) is 85.4 Å². The second kappa shape index (κ2) is 19.5. The lowest BCUT2D eigenvalue weighted by Gasteiger charge is -2.39. The summed E-state index contributed by atoms with van der Waals surface area (Å²) in [6, 6.07) is 12.3. The number of primary amides is 1. The lowest BCUT2D eigenvalue weighted by Crippen LogP contribution is -2.58. The molecule has 18 nitrogen and oxygen atoms in total. The monoisotopic (exact) mass is 802 g/mol. The van der Waals surface area contributed by atoms with Gasteiger partial charge in [-0.3, -0.25) is 19.7 Å². The van der Waals surface area contributed by atoms with E-state index in [4.69, 9.17) is 25.9 Å². The molecule has 2 heterocycles. The average molecular weight is 803 g/mol. The summed E-state index contributed by atoms with van der Waals surface area (Å²) < 4.78 is 13.1. The number of nitrogens with two attached hydrogens (primary N) is 2. The largest absolute Gasteiger partial charge is 0.444 e. The summed E-state index contributed by atoms with van der Waals surface area (Å²) in [5.74, 6) is -0.690. The first kappa shape index (κ1) is 43.3. The maximum atomic E-state index is 13.5. The second-order valence-electron chi connectivity index (χ2n) is 14.9. The van der Waals surface area contributed by atoms with Crippen molar-refractivity contribution < 1.29 is 38.6 Å². The highest BCUT2D eigenvalue weighted by Gasteiger charge is 2.51. The van der Waals surface area contributed by atoms with E-state index in [1.165, 1.54) is 0 Å². The highest BCUT2D eigenvalue weighted by atomic mass is 16.5. The van der Waals surface area contributed by atoms with E-state index in [0.717, 1.165) is 5.39 Å². The Balaban J connectivity index is 1.25.